The van der Waals surface area contributed by atoms with Crippen LogP contribution in [0.15, 0.2) is 41.2 Å². The normalized spacial score (nSPS) is 11.0. The van der Waals surface area contributed by atoms with E-state index in [0.717, 1.165) is 27.7 Å². The summed E-state index contributed by atoms with van der Waals surface area (Å²) >= 11 is 0. The number of carbonyl (C=O) groups excluding carboxylic acids is 1. The van der Waals surface area contributed by atoms with Crippen molar-refractivity contribution in [3.63, 3.8) is 0 Å². The quantitative estimate of drug-likeness (QED) is 0.669. The standard InChI is InChI=1S/C22H25N3O3/c1-14-11-19-20(12-15(14)2)25(22(27)16(3)24-19)13-17-5-7-18(8-6-17)21(26)23-9-10-28-4/h5-8,11-12H,9-10,13H2,1-4H3,(H,23,26). The Morgan fingerprint density at radius 2 is 1.79 bits per heavy atom. The van der Waals surface area contributed by atoms with Crippen molar-refractivity contribution < 1.29 is 9.53 Å². The van der Waals surface area contributed by atoms with E-state index in [1.807, 2.05) is 38.1 Å². The molecule has 3 aromatic rings. The molecule has 0 fully saturated rings. The summed E-state index contributed by atoms with van der Waals surface area (Å²) < 4.78 is 6.68. The Labute approximate surface area is 164 Å². The molecule has 0 bridgehead atoms. The second kappa shape index (κ2) is 8.35. The van der Waals surface area contributed by atoms with E-state index in [0.29, 0.717) is 31.0 Å². The summed E-state index contributed by atoms with van der Waals surface area (Å²) in [6, 6.07) is 11.3. The van der Waals surface area contributed by atoms with Gasteiger partial charge in [0.1, 0.15) is 5.69 Å². The molecule has 0 radical (unpaired) electrons. The second-order valence-electron chi connectivity index (χ2n) is 6.96. The maximum atomic E-state index is 12.7. The van der Waals surface area contributed by atoms with Crippen LogP contribution in [0.1, 0.15) is 32.7 Å². The van der Waals surface area contributed by atoms with Gasteiger partial charge in [-0.15, -0.1) is 0 Å². The van der Waals surface area contributed by atoms with Gasteiger partial charge >= 0.3 is 0 Å². The summed E-state index contributed by atoms with van der Waals surface area (Å²) in [4.78, 5) is 29.3. The van der Waals surface area contributed by atoms with E-state index in [4.69, 9.17) is 4.74 Å². The number of amides is 1. The van der Waals surface area contributed by atoms with Gasteiger partial charge in [0.05, 0.1) is 24.2 Å². The molecule has 1 heterocycles. The highest BCUT2D eigenvalue weighted by Gasteiger charge is 2.11. The van der Waals surface area contributed by atoms with Crippen LogP contribution in [0.3, 0.4) is 0 Å². The lowest BCUT2D eigenvalue weighted by molar-refractivity contribution is 0.0937. The van der Waals surface area contributed by atoms with Crippen molar-refractivity contribution in [2.24, 2.45) is 0 Å². The van der Waals surface area contributed by atoms with E-state index in [2.05, 4.69) is 10.3 Å². The molecule has 0 aliphatic heterocycles. The van der Waals surface area contributed by atoms with E-state index in [9.17, 15) is 9.59 Å². The van der Waals surface area contributed by atoms with Crippen molar-refractivity contribution in [2.75, 3.05) is 20.3 Å². The predicted molar refractivity (Wildman–Crippen MR) is 110 cm³/mol. The fourth-order valence-corrected chi connectivity index (χ4v) is 3.09. The first-order chi connectivity index (χ1) is 13.4. The van der Waals surface area contributed by atoms with Gasteiger partial charge in [0.2, 0.25) is 0 Å². The van der Waals surface area contributed by atoms with Gasteiger partial charge in [0.15, 0.2) is 0 Å². The lowest BCUT2D eigenvalue weighted by Crippen LogP contribution is -2.27. The van der Waals surface area contributed by atoms with E-state index in [1.54, 1.807) is 30.7 Å². The molecule has 1 N–H and O–H groups in total. The summed E-state index contributed by atoms with van der Waals surface area (Å²) in [6.45, 7) is 7.17. The first-order valence-electron chi connectivity index (χ1n) is 9.25. The average Bonchev–Trinajstić information content (AvgIpc) is 2.68. The number of nitrogens with zero attached hydrogens (tertiary/aromatic N) is 2. The van der Waals surface area contributed by atoms with Crippen LogP contribution in [0, 0.1) is 20.8 Å². The van der Waals surface area contributed by atoms with Gasteiger partial charge in [0.25, 0.3) is 11.5 Å². The van der Waals surface area contributed by atoms with Crippen molar-refractivity contribution in [3.05, 3.63) is 74.7 Å². The van der Waals surface area contributed by atoms with Crippen LogP contribution >= 0.6 is 0 Å². The molecule has 0 saturated carbocycles. The molecular weight excluding hydrogens is 354 g/mol. The van der Waals surface area contributed by atoms with Crippen LogP contribution < -0.4 is 10.9 Å². The molecule has 6 heteroatoms. The summed E-state index contributed by atoms with van der Waals surface area (Å²) in [5.41, 5.74) is 5.80. The SMILES string of the molecule is COCCNC(=O)c1ccc(Cn2c(=O)c(C)nc3cc(C)c(C)cc32)cc1. The predicted octanol–water partition coefficient (Wildman–Crippen LogP) is 2.75. The third-order valence-corrected chi connectivity index (χ3v) is 4.87. The number of aryl methyl sites for hydroxylation is 3. The lowest BCUT2D eigenvalue weighted by Gasteiger charge is -2.13. The zero-order valence-electron chi connectivity index (χ0n) is 16.7. The number of carbonyl (C=O) groups is 1. The smallest absolute Gasteiger partial charge is 0.272 e. The molecular formula is C22H25N3O3. The first kappa shape index (κ1) is 19.8. The fourth-order valence-electron chi connectivity index (χ4n) is 3.09. The Balaban J connectivity index is 1.90. The molecule has 3 rings (SSSR count). The lowest BCUT2D eigenvalue weighted by atomic mass is 10.1. The largest absolute Gasteiger partial charge is 0.383 e. The monoisotopic (exact) mass is 379 g/mol. The van der Waals surface area contributed by atoms with E-state index >= 15 is 0 Å². The van der Waals surface area contributed by atoms with Gasteiger partial charge in [-0.1, -0.05) is 12.1 Å². The Bertz CT molecular complexity index is 1070. The van der Waals surface area contributed by atoms with Gasteiger partial charge in [-0.3, -0.25) is 9.59 Å². The maximum absolute atomic E-state index is 12.7. The Morgan fingerprint density at radius 1 is 1.11 bits per heavy atom. The van der Waals surface area contributed by atoms with E-state index < -0.39 is 0 Å². The van der Waals surface area contributed by atoms with E-state index in [1.165, 1.54) is 0 Å². The summed E-state index contributed by atoms with van der Waals surface area (Å²) in [5, 5.41) is 2.79. The second-order valence-corrected chi connectivity index (χ2v) is 6.96. The molecule has 0 saturated heterocycles. The van der Waals surface area contributed by atoms with Gasteiger partial charge in [-0.05, 0) is 61.7 Å². The van der Waals surface area contributed by atoms with E-state index in [-0.39, 0.29) is 11.5 Å². The highest BCUT2D eigenvalue weighted by molar-refractivity contribution is 5.94. The van der Waals surface area contributed by atoms with Crippen LogP contribution in [-0.2, 0) is 11.3 Å². The summed E-state index contributed by atoms with van der Waals surface area (Å²) in [7, 11) is 1.59. The van der Waals surface area contributed by atoms with Crippen LogP contribution in [0.2, 0.25) is 0 Å². The Hall–Kier alpha value is -2.99. The Kier molecular flexibility index (Phi) is 5.90. The molecule has 0 aliphatic rings. The molecule has 0 spiro atoms. The molecule has 0 unspecified atom stereocenters. The number of ether oxygens (including phenoxy) is 1. The summed E-state index contributed by atoms with van der Waals surface area (Å²) in [6.07, 6.45) is 0. The number of benzene rings is 2. The molecule has 6 nitrogen and oxygen atoms in total. The highest BCUT2D eigenvalue weighted by Crippen LogP contribution is 2.18. The molecule has 1 amide bonds. The minimum atomic E-state index is -0.142. The Morgan fingerprint density at radius 3 is 2.46 bits per heavy atom. The van der Waals surface area contributed by atoms with Crippen molar-refractivity contribution in [3.8, 4) is 0 Å². The number of nitrogens with one attached hydrogen (secondary N) is 1. The summed E-state index contributed by atoms with van der Waals surface area (Å²) in [5.74, 6) is -0.142. The van der Waals surface area contributed by atoms with Crippen LogP contribution in [0.4, 0.5) is 0 Å². The number of hydrogen-bond acceptors (Lipinski definition) is 4. The van der Waals surface area contributed by atoms with Gasteiger partial charge < -0.3 is 14.6 Å². The number of methoxy groups -OCH3 is 1. The molecule has 28 heavy (non-hydrogen) atoms. The molecule has 0 atom stereocenters. The van der Waals surface area contributed by atoms with Crippen LogP contribution in [0.25, 0.3) is 11.0 Å². The van der Waals surface area contributed by atoms with Gasteiger partial charge in [-0.25, -0.2) is 4.98 Å². The highest BCUT2D eigenvalue weighted by atomic mass is 16.5. The number of aromatic nitrogens is 2. The average molecular weight is 379 g/mol. The third kappa shape index (κ3) is 4.12. The maximum Gasteiger partial charge on any atom is 0.272 e. The van der Waals surface area contributed by atoms with Crippen molar-refractivity contribution in [1.82, 2.24) is 14.9 Å². The number of hydrogen-bond donors (Lipinski definition) is 1. The van der Waals surface area contributed by atoms with Gasteiger partial charge in [-0.2, -0.15) is 0 Å². The van der Waals surface area contributed by atoms with Crippen molar-refractivity contribution >= 4 is 16.9 Å². The zero-order chi connectivity index (χ0) is 20.3. The van der Waals surface area contributed by atoms with Gasteiger partial charge in [0, 0.05) is 19.2 Å². The molecule has 0 aliphatic carbocycles. The minimum Gasteiger partial charge on any atom is -0.383 e. The van der Waals surface area contributed by atoms with Crippen molar-refractivity contribution in [2.45, 2.75) is 27.3 Å². The first-order valence-corrected chi connectivity index (χ1v) is 9.25. The molecule has 1 aromatic heterocycles. The van der Waals surface area contributed by atoms with Crippen LogP contribution in [-0.4, -0.2) is 35.7 Å². The molecule has 146 valence electrons. The molecule has 2 aromatic carbocycles. The zero-order valence-corrected chi connectivity index (χ0v) is 16.7. The third-order valence-electron chi connectivity index (χ3n) is 4.87. The minimum absolute atomic E-state index is 0.0999. The fraction of sp³-hybridized carbons (Fsp3) is 0.318. The van der Waals surface area contributed by atoms with Crippen molar-refractivity contribution in [1.29, 1.82) is 0 Å². The number of rotatable bonds is 6. The van der Waals surface area contributed by atoms with Crippen LogP contribution in [0.5, 0.6) is 0 Å². The topological polar surface area (TPSA) is 73.2 Å². The number of fused-ring (bicyclic) bond motifs is 1.